The summed E-state index contributed by atoms with van der Waals surface area (Å²) in [5.74, 6) is 1.80. The highest BCUT2D eigenvalue weighted by atomic mass is 35.5. The summed E-state index contributed by atoms with van der Waals surface area (Å²) in [6.45, 7) is 1.36. The standard InChI is InChI=1S/C20H21ClN5O3/c1-27-13-8-14(17(21)16(9-13)28-2)15-7-11-10-23-20(22)26-18(11)19(25-15)24-12-3-5-29-6-4-12/h7-10,12H,3-6H2,1-2H3,(H2-,22,23,24,25,26)/q-1. The monoisotopic (exact) mass is 414 g/mol. The Kier molecular flexibility index (Phi) is 5.55. The van der Waals surface area contributed by atoms with E-state index in [9.17, 15) is 0 Å². The SMILES string of the molecule is COc1cc(OC)c(Cl)c(-c2cc3cnc(N)nc3c([N-]C3CCOCC3)n2)c1. The number of hydrogen-bond donors (Lipinski definition) is 1. The first-order valence-corrected chi connectivity index (χ1v) is 9.60. The second kappa shape index (κ2) is 8.26. The molecule has 1 fully saturated rings. The first-order valence-electron chi connectivity index (χ1n) is 9.23. The van der Waals surface area contributed by atoms with Crippen LogP contribution in [0.25, 0.3) is 27.5 Å². The van der Waals surface area contributed by atoms with Crippen molar-refractivity contribution in [3.05, 3.63) is 34.7 Å². The highest BCUT2D eigenvalue weighted by Crippen LogP contribution is 2.41. The molecule has 1 aliphatic rings. The summed E-state index contributed by atoms with van der Waals surface area (Å²) in [5.41, 5.74) is 7.71. The van der Waals surface area contributed by atoms with E-state index in [-0.39, 0.29) is 12.0 Å². The van der Waals surface area contributed by atoms with E-state index in [1.54, 1.807) is 26.5 Å². The number of halogens is 1. The molecule has 2 aromatic heterocycles. The number of rotatable bonds is 5. The zero-order valence-electron chi connectivity index (χ0n) is 16.2. The molecule has 3 heterocycles. The number of ether oxygens (including phenoxy) is 3. The van der Waals surface area contributed by atoms with Crippen LogP contribution in [0, 0.1) is 0 Å². The molecule has 0 atom stereocenters. The fraction of sp³-hybridized carbons (Fsp3) is 0.350. The highest BCUT2D eigenvalue weighted by Gasteiger charge is 2.15. The molecule has 1 aliphatic heterocycles. The van der Waals surface area contributed by atoms with Crippen molar-refractivity contribution >= 4 is 34.3 Å². The maximum Gasteiger partial charge on any atom is 0.220 e. The van der Waals surface area contributed by atoms with Crippen LogP contribution in [0.3, 0.4) is 0 Å². The number of hydrogen-bond acceptors (Lipinski definition) is 7. The van der Waals surface area contributed by atoms with Crippen molar-refractivity contribution in [3.8, 4) is 22.8 Å². The van der Waals surface area contributed by atoms with E-state index >= 15 is 0 Å². The Labute approximate surface area is 173 Å². The van der Waals surface area contributed by atoms with Crippen LogP contribution in [0.5, 0.6) is 11.5 Å². The third kappa shape index (κ3) is 3.99. The molecular weight excluding hydrogens is 394 g/mol. The molecule has 2 N–H and O–H groups in total. The van der Waals surface area contributed by atoms with Gasteiger partial charge in [-0.1, -0.05) is 11.6 Å². The van der Waals surface area contributed by atoms with E-state index in [0.717, 1.165) is 18.2 Å². The summed E-state index contributed by atoms with van der Waals surface area (Å²) in [7, 11) is 3.14. The minimum Gasteiger partial charge on any atom is -0.497 e. The van der Waals surface area contributed by atoms with Crippen LogP contribution < -0.4 is 15.2 Å². The molecule has 0 amide bonds. The molecule has 1 aromatic carbocycles. The van der Waals surface area contributed by atoms with E-state index in [1.807, 2.05) is 12.1 Å². The summed E-state index contributed by atoms with van der Waals surface area (Å²) < 4.78 is 16.2. The predicted molar refractivity (Wildman–Crippen MR) is 112 cm³/mol. The maximum atomic E-state index is 6.57. The van der Waals surface area contributed by atoms with Crippen LogP contribution in [0.1, 0.15) is 12.8 Å². The van der Waals surface area contributed by atoms with Crippen LogP contribution in [-0.2, 0) is 4.74 Å². The summed E-state index contributed by atoms with van der Waals surface area (Å²) in [4.78, 5) is 13.2. The number of pyridine rings is 1. The van der Waals surface area contributed by atoms with Crippen LogP contribution in [0.2, 0.25) is 5.02 Å². The molecule has 0 bridgehead atoms. The highest BCUT2D eigenvalue weighted by molar-refractivity contribution is 6.34. The molecule has 3 aromatic rings. The molecule has 0 spiro atoms. The normalized spacial score (nSPS) is 14.7. The molecule has 152 valence electrons. The van der Waals surface area contributed by atoms with Crippen molar-refractivity contribution in [1.82, 2.24) is 15.0 Å². The number of nitrogens with zero attached hydrogens (tertiary/aromatic N) is 4. The average molecular weight is 415 g/mol. The van der Waals surface area contributed by atoms with Crippen LogP contribution in [-0.4, -0.2) is 48.4 Å². The van der Waals surface area contributed by atoms with Gasteiger partial charge in [-0.05, 0) is 42.5 Å². The lowest BCUT2D eigenvalue weighted by Gasteiger charge is -2.30. The minimum atomic E-state index is 0.112. The van der Waals surface area contributed by atoms with Gasteiger partial charge in [0.25, 0.3) is 0 Å². The Balaban J connectivity index is 1.86. The van der Waals surface area contributed by atoms with Crippen molar-refractivity contribution in [2.75, 3.05) is 33.2 Å². The molecule has 4 rings (SSSR count). The largest absolute Gasteiger partial charge is 0.497 e. The van der Waals surface area contributed by atoms with Gasteiger partial charge in [0.2, 0.25) is 5.95 Å². The number of fused-ring (bicyclic) bond motifs is 1. The fourth-order valence-electron chi connectivity index (χ4n) is 3.28. The van der Waals surface area contributed by atoms with Gasteiger partial charge in [-0.2, -0.15) is 0 Å². The van der Waals surface area contributed by atoms with E-state index < -0.39 is 0 Å². The summed E-state index contributed by atoms with van der Waals surface area (Å²) >= 11 is 6.57. The Morgan fingerprint density at radius 2 is 1.93 bits per heavy atom. The lowest BCUT2D eigenvalue weighted by molar-refractivity contribution is 0.0924. The van der Waals surface area contributed by atoms with Gasteiger partial charge >= 0.3 is 0 Å². The average Bonchev–Trinajstić information content (AvgIpc) is 2.75. The topological polar surface area (TPSA) is 106 Å². The predicted octanol–water partition coefficient (Wildman–Crippen LogP) is 4.13. The van der Waals surface area contributed by atoms with E-state index in [0.29, 0.717) is 52.3 Å². The lowest BCUT2D eigenvalue weighted by atomic mass is 10.1. The van der Waals surface area contributed by atoms with Crippen molar-refractivity contribution in [2.24, 2.45) is 0 Å². The number of nitrogens with two attached hydrogens (primary N) is 1. The summed E-state index contributed by atoms with van der Waals surface area (Å²) in [6.07, 6.45) is 3.33. The van der Waals surface area contributed by atoms with Crippen molar-refractivity contribution in [1.29, 1.82) is 0 Å². The van der Waals surface area contributed by atoms with Gasteiger partial charge in [0.1, 0.15) is 11.5 Å². The number of aromatic nitrogens is 3. The number of methoxy groups -OCH3 is 2. The van der Waals surface area contributed by atoms with Gasteiger partial charge in [-0.25, -0.2) is 9.97 Å². The van der Waals surface area contributed by atoms with Gasteiger partial charge in [0.15, 0.2) is 0 Å². The number of anilines is 1. The molecule has 9 heteroatoms. The van der Waals surface area contributed by atoms with E-state index in [4.69, 9.17) is 41.8 Å². The van der Waals surface area contributed by atoms with Gasteiger partial charge in [0, 0.05) is 36.4 Å². The van der Waals surface area contributed by atoms with Crippen molar-refractivity contribution in [2.45, 2.75) is 18.9 Å². The van der Waals surface area contributed by atoms with Gasteiger partial charge in [0.05, 0.1) is 24.8 Å². The molecule has 1 saturated heterocycles. The maximum absolute atomic E-state index is 6.57. The van der Waals surface area contributed by atoms with E-state index in [2.05, 4.69) is 9.97 Å². The van der Waals surface area contributed by atoms with Gasteiger partial charge < -0.3 is 30.2 Å². The molecule has 29 heavy (non-hydrogen) atoms. The Bertz CT molecular complexity index is 1040. The second-order valence-electron chi connectivity index (χ2n) is 6.66. The van der Waals surface area contributed by atoms with Gasteiger partial charge in [-0.3, -0.25) is 0 Å². The van der Waals surface area contributed by atoms with Crippen molar-refractivity contribution in [3.63, 3.8) is 0 Å². The Morgan fingerprint density at radius 3 is 2.66 bits per heavy atom. The first kappa shape index (κ1) is 19.5. The summed E-state index contributed by atoms with van der Waals surface area (Å²) in [6, 6.07) is 5.51. The number of benzene rings is 1. The molecular formula is C20H21ClN5O3-. The molecule has 0 unspecified atom stereocenters. The lowest BCUT2D eigenvalue weighted by Crippen LogP contribution is -2.19. The first-order chi connectivity index (χ1) is 14.1. The zero-order valence-corrected chi connectivity index (χ0v) is 16.9. The molecule has 0 aliphatic carbocycles. The van der Waals surface area contributed by atoms with Crippen LogP contribution in [0.4, 0.5) is 11.8 Å². The molecule has 0 radical (unpaired) electrons. The molecule has 0 saturated carbocycles. The second-order valence-corrected chi connectivity index (χ2v) is 7.04. The third-order valence-electron chi connectivity index (χ3n) is 4.81. The third-order valence-corrected chi connectivity index (χ3v) is 5.20. The Hall–Kier alpha value is -2.84. The van der Waals surface area contributed by atoms with Gasteiger partial charge in [-0.15, -0.1) is 0 Å². The fourth-order valence-corrected chi connectivity index (χ4v) is 3.56. The van der Waals surface area contributed by atoms with Crippen molar-refractivity contribution < 1.29 is 14.2 Å². The Morgan fingerprint density at radius 1 is 1.14 bits per heavy atom. The van der Waals surface area contributed by atoms with Crippen LogP contribution in [0.15, 0.2) is 24.4 Å². The summed E-state index contributed by atoms with van der Waals surface area (Å²) in [5, 5.41) is 6.06. The zero-order chi connectivity index (χ0) is 20.4. The minimum absolute atomic E-state index is 0.112. The number of nitrogen functional groups attached to an aromatic ring is 1. The smallest absolute Gasteiger partial charge is 0.220 e. The van der Waals surface area contributed by atoms with Crippen LogP contribution >= 0.6 is 11.6 Å². The molecule has 8 nitrogen and oxygen atoms in total. The van der Waals surface area contributed by atoms with E-state index in [1.165, 1.54) is 0 Å². The quantitative estimate of drug-likeness (QED) is 0.668.